The van der Waals surface area contributed by atoms with Crippen molar-refractivity contribution >= 4 is 11.8 Å². The molecule has 0 heterocycles. The number of hydrogen-bond donors (Lipinski definition) is 1. The Balaban J connectivity index is 1.51. The van der Waals surface area contributed by atoms with Crippen molar-refractivity contribution < 1.29 is 24.2 Å². The van der Waals surface area contributed by atoms with E-state index in [0.717, 1.165) is 61.3 Å². The van der Waals surface area contributed by atoms with Crippen LogP contribution >= 0.6 is 0 Å². The maximum Gasteiger partial charge on any atom is 0.335 e. The van der Waals surface area contributed by atoms with E-state index in [1.807, 2.05) is 24.3 Å². The van der Waals surface area contributed by atoms with Gasteiger partial charge in [-0.3, -0.25) is 4.79 Å². The Labute approximate surface area is 248 Å². The molecule has 6 atom stereocenters. The van der Waals surface area contributed by atoms with Crippen molar-refractivity contribution in [1.29, 1.82) is 0 Å². The predicted molar refractivity (Wildman–Crippen MR) is 164 cm³/mol. The second-order valence-electron chi connectivity index (χ2n) is 14.3. The minimum absolute atomic E-state index is 0.127. The number of rotatable bonds is 12. The van der Waals surface area contributed by atoms with Gasteiger partial charge in [0, 0.05) is 5.41 Å². The zero-order valence-corrected chi connectivity index (χ0v) is 26.7. The topological polar surface area (TPSA) is 72.8 Å². The smallest absolute Gasteiger partial charge is 0.335 e. The van der Waals surface area contributed by atoms with Crippen molar-refractivity contribution in [2.45, 2.75) is 124 Å². The number of methoxy groups -OCH3 is 1. The van der Waals surface area contributed by atoms with Crippen LogP contribution in [0, 0.1) is 34.5 Å². The van der Waals surface area contributed by atoms with E-state index in [1.165, 1.54) is 24.8 Å². The fourth-order valence-corrected chi connectivity index (χ4v) is 8.77. The third kappa shape index (κ3) is 6.17. The molecule has 0 radical (unpaired) electrons. The van der Waals surface area contributed by atoms with E-state index in [2.05, 4.69) is 41.5 Å². The van der Waals surface area contributed by atoms with Gasteiger partial charge in [0.2, 0.25) is 0 Å². The van der Waals surface area contributed by atoms with Crippen LogP contribution in [-0.4, -0.2) is 29.6 Å². The van der Waals surface area contributed by atoms with E-state index in [1.54, 1.807) is 7.11 Å². The van der Waals surface area contributed by atoms with E-state index in [4.69, 9.17) is 9.47 Å². The van der Waals surface area contributed by atoms with Crippen LogP contribution < -0.4 is 4.74 Å². The third-order valence-corrected chi connectivity index (χ3v) is 11.5. The van der Waals surface area contributed by atoms with E-state index in [0.29, 0.717) is 30.5 Å². The summed E-state index contributed by atoms with van der Waals surface area (Å²) < 4.78 is 11.5. The van der Waals surface area contributed by atoms with Crippen LogP contribution in [0.25, 0.3) is 0 Å². The fourth-order valence-electron chi connectivity index (χ4n) is 8.77. The molecule has 3 aliphatic carbocycles. The van der Waals surface area contributed by atoms with Crippen molar-refractivity contribution in [3.05, 3.63) is 41.0 Å². The molecule has 1 aromatic carbocycles. The minimum atomic E-state index is -1.19. The number of Topliss-reactive ketones (excluding diaryl/α,β-unsaturated/α-hetero) is 1. The Morgan fingerprint density at radius 2 is 1.76 bits per heavy atom. The highest BCUT2D eigenvalue weighted by atomic mass is 16.5. The Morgan fingerprint density at radius 1 is 1.05 bits per heavy atom. The number of benzene rings is 1. The quantitative estimate of drug-likeness (QED) is 0.274. The van der Waals surface area contributed by atoms with Gasteiger partial charge < -0.3 is 14.6 Å². The summed E-state index contributed by atoms with van der Waals surface area (Å²) in [7, 11) is 1.63. The fraction of sp³-hybridized carbons (Fsp3) is 0.722. The molecule has 0 saturated heterocycles. The van der Waals surface area contributed by atoms with E-state index in [-0.39, 0.29) is 23.4 Å². The number of hydrogen-bond acceptors (Lipinski definition) is 4. The van der Waals surface area contributed by atoms with Gasteiger partial charge in [-0.05, 0) is 97.3 Å². The van der Waals surface area contributed by atoms with Gasteiger partial charge in [-0.25, -0.2) is 4.79 Å². The molecule has 0 bridgehead atoms. The summed E-state index contributed by atoms with van der Waals surface area (Å²) >= 11 is 0. The number of carboxylic acids is 1. The standard InChI is InChI=1S/C36H54O5/c1-8-30(25(4)11-9-10-24(2)3)35(6)19-18-31-29(32(35)37)17-14-27-22-36(33(38)39,21-20-34(27,31)5)41-23-26-12-15-28(40-7)16-13-26/h12-13,15-16,24-25,27,30H,8-11,14,17-23H2,1-7H3,(H,38,39)/t25-,27+,30-,34+,35-,36+/m1/s1. The average molecular weight is 567 g/mol. The summed E-state index contributed by atoms with van der Waals surface area (Å²) in [6, 6.07) is 7.61. The highest BCUT2D eigenvalue weighted by Gasteiger charge is 2.57. The molecule has 4 rings (SSSR count). The molecule has 0 unspecified atom stereocenters. The lowest BCUT2D eigenvalue weighted by molar-refractivity contribution is -0.181. The zero-order valence-electron chi connectivity index (χ0n) is 26.7. The number of aliphatic carboxylic acids is 1. The van der Waals surface area contributed by atoms with Gasteiger partial charge in [0.15, 0.2) is 11.4 Å². The number of carbonyl (C=O) groups excluding carboxylic acids is 1. The SMILES string of the molecule is CC[C@H]([C@H](C)CCCC(C)C)[C@@]1(C)CCC2=C(CC[C@H]3C[C@](OCc4ccc(OC)cc4)(C(=O)O)CC[C@]23C)C1=O. The van der Waals surface area contributed by atoms with E-state index >= 15 is 0 Å². The summed E-state index contributed by atoms with van der Waals surface area (Å²) in [6.45, 7) is 14.0. The maximum absolute atomic E-state index is 14.3. The molecular formula is C36H54O5. The summed E-state index contributed by atoms with van der Waals surface area (Å²) in [6.07, 6.45) is 9.96. The molecule has 1 fully saturated rings. The lowest BCUT2D eigenvalue weighted by Gasteiger charge is -2.55. The molecule has 0 amide bonds. The molecular weight excluding hydrogens is 512 g/mol. The second-order valence-corrected chi connectivity index (χ2v) is 14.3. The van der Waals surface area contributed by atoms with Crippen LogP contribution in [0.5, 0.6) is 5.75 Å². The third-order valence-electron chi connectivity index (χ3n) is 11.5. The van der Waals surface area contributed by atoms with Gasteiger partial charge in [0.1, 0.15) is 5.75 Å². The van der Waals surface area contributed by atoms with Gasteiger partial charge in [-0.1, -0.05) is 84.9 Å². The van der Waals surface area contributed by atoms with Gasteiger partial charge in [-0.2, -0.15) is 0 Å². The highest BCUT2D eigenvalue weighted by Crippen LogP contribution is 2.61. The lowest BCUT2D eigenvalue weighted by atomic mass is 9.50. The van der Waals surface area contributed by atoms with Crippen LogP contribution in [0.1, 0.15) is 118 Å². The lowest BCUT2D eigenvalue weighted by Crippen LogP contribution is -2.54. The number of carbonyl (C=O) groups is 2. The van der Waals surface area contributed by atoms with Gasteiger partial charge in [0.25, 0.3) is 0 Å². The molecule has 1 aromatic rings. The first-order valence-corrected chi connectivity index (χ1v) is 16.2. The molecule has 5 heteroatoms. The number of carboxylic acid groups (broad SMARTS) is 1. The van der Waals surface area contributed by atoms with Crippen LogP contribution in [0.2, 0.25) is 0 Å². The Morgan fingerprint density at radius 3 is 2.37 bits per heavy atom. The highest BCUT2D eigenvalue weighted by molar-refractivity contribution is 6.02. The van der Waals surface area contributed by atoms with E-state index < -0.39 is 11.6 Å². The largest absolute Gasteiger partial charge is 0.497 e. The molecule has 0 spiro atoms. The van der Waals surface area contributed by atoms with Crippen molar-refractivity contribution in [2.24, 2.45) is 34.5 Å². The number of ketones is 1. The first-order chi connectivity index (χ1) is 19.4. The van der Waals surface area contributed by atoms with Gasteiger partial charge in [-0.15, -0.1) is 0 Å². The Hall–Kier alpha value is -2.14. The van der Waals surface area contributed by atoms with Gasteiger partial charge in [0.05, 0.1) is 13.7 Å². The monoisotopic (exact) mass is 566 g/mol. The van der Waals surface area contributed by atoms with Crippen LogP contribution in [-0.2, 0) is 20.9 Å². The van der Waals surface area contributed by atoms with Gasteiger partial charge >= 0.3 is 5.97 Å². The normalized spacial score (nSPS) is 31.4. The summed E-state index contributed by atoms with van der Waals surface area (Å²) in [5.41, 5.74) is 1.76. The Kier molecular flexibility index (Phi) is 9.78. The molecule has 1 N–H and O–H groups in total. The van der Waals surface area contributed by atoms with Crippen molar-refractivity contribution in [3.8, 4) is 5.75 Å². The van der Waals surface area contributed by atoms with Crippen LogP contribution in [0.3, 0.4) is 0 Å². The van der Waals surface area contributed by atoms with Crippen LogP contribution in [0.15, 0.2) is 35.4 Å². The Bertz CT molecular complexity index is 1120. The number of ether oxygens (including phenoxy) is 2. The zero-order chi connectivity index (χ0) is 30.0. The predicted octanol–water partition coefficient (Wildman–Crippen LogP) is 8.79. The molecule has 5 nitrogen and oxygen atoms in total. The molecule has 228 valence electrons. The summed E-state index contributed by atoms with van der Waals surface area (Å²) in [5.74, 6) is 2.17. The number of fused-ring (bicyclic) bond motifs is 2. The summed E-state index contributed by atoms with van der Waals surface area (Å²) in [5, 5.41) is 10.4. The van der Waals surface area contributed by atoms with Crippen molar-refractivity contribution in [2.75, 3.05) is 7.11 Å². The minimum Gasteiger partial charge on any atom is -0.497 e. The molecule has 0 aromatic heterocycles. The number of allylic oxidation sites excluding steroid dienone is 2. The molecule has 41 heavy (non-hydrogen) atoms. The average Bonchev–Trinajstić information content (AvgIpc) is 2.94. The second kappa shape index (κ2) is 12.6. The van der Waals surface area contributed by atoms with E-state index in [9.17, 15) is 14.7 Å². The van der Waals surface area contributed by atoms with Crippen molar-refractivity contribution in [3.63, 3.8) is 0 Å². The first-order valence-electron chi connectivity index (χ1n) is 16.2. The van der Waals surface area contributed by atoms with Crippen LogP contribution in [0.4, 0.5) is 0 Å². The van der Waals surface area contributed by atoms with Crippen molar-refractivity contribution in [1.82, 2.24) is 0 Å². The molecule has 0 aliphatic heterocycles. The molecule has 1 saturated carbocycles. The maximum atomic E-state index is 14.3. The molecule has 3 aliphatic rings. The first kappa shape index (κ1) is 31.8. The summed E-state index contributed by atoms with van der Waals surface area (Å²) in [4.78, 5) is 27.0.